The van der Waals surface area contributed by atoms with Crippen molar-refractivity contribution in [1.82, 2.24) is 24.6 Å². The Balaban J connectivity index is 1.31. The monoisotopic (exact) mass is 315 g/mol. The minimum atomic E-state index is 0.0928. The molecular formula is C16H21N5O2. The van der Waals surface area contributed by atoms with E-state index in [4.69, 9.17) is 4.52 Å². The molecule has 0 amide bonds. The molecule has 4 rings (SSSR count). The maximum absolute atomic E-state index is 12.2. The summed E-state index contributed by atoms with van der Waals surface area (Å²) in [6.07, 6.45) is 7.67. The van der Waals surface area contributed by atoms with E-state index < -0.39 is 0 Å². The molecule has 2 fully saturated rings. The molecule has 0 unspecified atom stereocenters. The lowest BCUT2D eigenvalue weighted by atomic mass is 9.96. The Labute approximate surface area is 134 Å². The second kappa shape index (κ2) is 6.23. The van der Waals surface area contributed by atoms with Gasteiger partial charge in [0.2, 0.25) is 5.89 Å². The summed E-state index contributed by atoms with van der Waals surface area (Å²) < 4.78 is 6.82. The van der Waals surface area contributed by atoms with Crippen molar-refractivity contribution in [2.45, 2.75) is 44.7 Å². The lowest BCUT2D eigenvalue weighted by Crippen LogP contribution is -2.36. The summed E-state index contributed by atoms with van der Waals surface area (Å²) in [7, 11) is 0. The molecule has 1 aliphatic carbocycles. The molecule has 2 aromatic heterocycles. The van der Waals surface area contributed by atoms with Crippen LogP contribution in [0.5, 0.6) is 0 Å². The third kappa shape index (κ3) is 3.50. The average Bonchev–Trinajstić information content (AvgIpc) is 3.29. The summed E-state index contributed by atoms with van der Waals surface area (Å²) in [5, 5.41) is 3.63. The fraction of sp³-hybridized carbons (Fsp3) is 0.625. The van der Waals surface area contributed by atoms with E-state index in [-0.39, 0.29) is 5.56 Å². The van der Waals surface area contributed by atoms with Gasteiger partial charge in [-0.3, -0.25) is 14.3 Å². The molecule has 1 aliphatic heterocycles. The third-order valence-corrected chi connectivity index (χ3v) is 4.82. The molecule has 7 nitrogen and oxygen atoms in total. The third-order valence-electron chi connectivity index (χ3n) is 4.82. The summed E-state index contributed by atoms with van der Waals surface area (Å²) in [5.74, 6) is 1.73. The summed E-state index contributed by atoms with van der Waals surface area (Å²) in [6.45, 7) is 3.47. The predicted molar refractivity (Wildman–Crippen MR) is 82.8 cm³/mol. The van der Waals surface area contributed by atoms with Gasteiger partial charge in [0.1, 0.15) is 0 Å². The van der Waals surface area contributed by atoms with E-state index in [0.29, 0.717) is 24.3 Å². The first-order valence-corrected chi connectivity index (χ1v) is 8.32. The van der Waals surface area contributed by atoms with Crippen molar-refractivity contribution in [1.29, 1.82) is 0 Å². The van der Waals surface area contributed by atoms with E-state index in [9.17, 15) is 4.79 Å². The van der Waals surface area contributed by atoms with Gasteiger partial charge < -0.3 is 4.52 Å². The molecule has 7 heteroatoms. The van der Waals surface area contributed by atoms with Crippen LogP contribution in [-0.2, 0) is 13.1 Å². The molecule has 2 aromatic rings. The molecule has 3 heterocycles. The zero-order valence-corrected chi connectivity index (χ0v) is 13.1. The second-order valence-electron chi connectivity index (χ2n) is 6.63. The Hall–Kier alpha value is -2.02. The van der Waals surface area contributed by atoms with Gasteiger partial charge in [0, 0.05) is 18.5 Å². The maximum Gasteiger partial charge on any atom is 0.253 e. The zero-order chi connectivity index (χ0) is 15.6. The van der Waals surface area contributed by atoms with E-state index in [1.54, 1.807) is 17.0 Å². The van der Waals surface area contributed by atoms with Gasteiger partial charge in [-0.15, -0.1) is 0 Å². The highest BCUT2D eigenvalue weighted by Gasteiger charge is 2.26. The molecular weight excluding hydrogens is 294 g/mol. The molecule has 0 spiro atoms. The molecule has 122 valence electrons. The lowest BCUT2D eigenvalue weighted by Gasteiger charge is -2.31. The van der Waals surface area contributed by atoms with Gasteiger partial charge in [-0.2, -0.15) is 4.98 Å². The van der Waals surface area contributed by atoms with Gasteiger partial charge in [0.25, 0.3) is 5.56 Å². The molecule has 0 atom stereocenters. The van der Waals surface area contributed by atoms with Crippen molar-refractivity contribution >= 4 is 0 Å². The summed E-state index contributed by atoms with van der Waals surface area (Å²) in [5.41, 5.74) is 1.07. The summed E-state index contributed by atoms with van der Waals surface area (Å²) in [6, 6.07) is 1.72. The van der Waals surface area contributed by atoms with Gasteiger partial charge >= 0.3 is 0 Å². The normalized spacial score (nSPS) is 20.0. The average molecular weight is 315 g/mol. The Morgan fingerprint density at radius 2 is 2.00 bits per heavy atom. The quantitative estimate of drug-likeness (QED) is 0.830. The van der Waals surface area contributed by atoms with Gasteiger partial charge in [0.15, 0.2) is 6.33 Å². The standard InChI is InChI=1S/C16H21N5O2/c22-16-7-14(13-1-2-13)18-11-21(16)8-12-3-5-20(6-4-12)9-15-17-10-19-23-15/h7,10-13H,1-6,8-9H2. The molecule has 2 aliphatic rings. The molecule has 0 aromatic carbocycles. The minimum absolute atomic E-state index is 0.0928. The van der Waals surface area contributed by atoms with Gasteiger partial charge in [-0.1, -0.05) is 5.16 Å². The number of rotatable bonds is 5. The largest absolute Gasteiger partial charge is 0.338 e. The first kappa shape index (κ1) is 14.6. The topological polar surface area (TPSA) is 77.1 Å². The van der Waals surface area contributed by atoms with E-state index >= 15 is 0 Å². The Bertz CT molecular complexity index is 700. The van der Waals surface area contributed by atoms with Crippen LogP contribution in [0, 0.1) is 5.92 Å². The molecule has 0 N–H and O–H groups in total. The van der Waals surface area contributed by atoms with E-state index in [2.05, 4.69) is 20.0 Å². The van der Waals surface area contributed by atoms with Crippen molar-refractivity contribution in [3.05, 3.63) is 40.7 Å². The lowest BCUT2D eigenvalue weighted by molar-refractivity contribution is 0.150. The first-order valence-electron chi connectivity index (χ1n) is 8.32. The van der Waals surface area contributed by atoms with Crippen LogP contribution in [0.3, 0.4) is 0 Å². The van der Waals surface area contributed by atoms with Crippen molar-refractivity contribution in [2.24, 2.45) is 5.92 Å². The fourth-order valence-electron chi connectivity index (χ4n) is 3.24. The number of nitrogens with zero attached hydrogens (tertiary/aromatic N) is 5. The maximum atomic E-state index is 12.2. The Morgan fingerprint density at radius 1 is 1.17 bits per heavy atom. The van der Waals surface area contributed by atoms with Crippen LogP contribution >= 0.6 is 0 Å². The molecule has 1 saturated carbocycles. The summed E-state index contributed by atoms with van der Waals surface area (Å²) >= 11 is 0. The first-order chi connectivity index (χ1) is 11.3. The van der Waals surface area contributed by atoms with Crippen LogP contribution in [-0.4, -0.2) is 37.7 Å². The molecule has 0 radical (unpaired) electrons. The highest BCUT2D eigenvalue weighted by molar-refractivity contribution is 5.12. The number of hydrogen-bond donors (Lipinski definition) is 0. The van der Waals surface area contributed by atoms with E-state index in [1.165, 1.54) is 19.2 Å². The second-order valence-corrected chi connectivity index (χ2v) is 6.63. The summed E-state index contributed by atoms with van der Waals surface area (Å²) in [4.78, 5) is 23.0. The highest BCUT2D eigenvalue weighted by atomic mass is 16.5. The van der Waals surface area contributed by atoms with Crippen LogP contribution < -0.4 is 5.56 Å². The number of hydrogen-bond acceptors (Lipinski definition) is 6. The van der Waals surface area contributed by atoms with Crippen molar-refractivity contribution in [3.63, 3.8) is 0 Å². The van der Waals surface area contributed by atoms with Gasteiger partial charge in [0.05, 0.1) is 18.6 Å². The Morgan fingerprint density at radius 3 is 2.65 bits per heavy atom. The van der Waals surface area contributed by atoms with Crippen molar-refractivity contribution < 1.29 is 4.52 Å². The van der Waals surface area contributed by atoms with Crippen LogP contribution in [0.4, 0.5) is 0 Å². The van der Waals surface area contributed by atoms with Crippen LogP contribution in [0.25, 0.3) is 0 Å². The minimum Gasteiger partial charge on any atom is -0.338 e. The number of piperidine rings is 1. The van der Waals surface area contributed by atoms with Gasteiger partial charge in [-0.25, -0.2) is 4.98 Å². The number of aromatic nitrogens is 4. The predicted octanol–water partition coefficient (Wildman–Crippen LogP) is 1.42. The van der Waals surface area contributed by atoms with Crippen molar-refractivity contribution in [3.8, 4) is 0 Å². The Kier molecular flexibility index (Phi) is 3.95. The zero-order valence-electron chi connectivity index (χ0n) is 13.1. The van der Waals surface area contributed by atoms with Crippen molar-refractivity contribution in [2.75, 3.05) is 13.1 Å². The SMILES string of the molecule is O=c1cc(C2CC2)ncn1CC1CCN(Cc2ncno2)CC1. The fourth-order valence-corrected chi connectivity index (χ4v) is 3.24. The smallest absolute Gasteiger partial charge is 0.253 e. The van der Waals surface area contributed by atoms with E-state index in [1.807, 2.05) is 0 Å². The van der Waals surface area contributed by atoms with Gasteiger partial charge in [-0.05, 0) is 44.7 Å². The van der Waals surface area contributed by atoms with Crippen LogP contribution in [0.1, 0.15) is 43.2 Å². The number of likely N-dealkylation sites (tertiary alicyclic amines) is 1. The van der Waals surface area contributed by atoms with Crippen LogP contribution in [0.15, 0.2) is 28.0 Å². The molecule has 23 heavy (non-hydrogen) atoms. The highest BCUT2D eigenvalue weighted by Crippen LogP contribution is 2.38. The van der Waals surface area contributed by atoms with Crippen LogP contribution in [0.2, 0.25) is 0 Å². The van der Waals surface area contributed by atoms with E-state index in [0.717, 1.165) is 38.2 Å². The molecule has 0 bridgehead atoms. The molecule has 1 saturated heterocycles.